The second-order valence-corrected chi connectivity index (χ2v) is 10.7. The molecule has 2 unspecified atom stereocenters. The highest BCUT2D eigenvalue weighted by molar-refractivity contribution is 5.94. The molecule has 0 saturated heterocycles. The Kier molecular flexibility index (Phi) is 5.53. The summed E-state index contributed by atoms with van der Waals surface area (Å²) in [6.07, 6.45) is 0.541. The first-order valence-electron chi connectivity index (χ1n) is 11.7. The molecule has 6 nitrogen and oxygen atoms in total. The summed E-state index contributed by atoms with van der Waals surface area (Å²) in [6.45, 7) is 5.63. The fourth-order valence-corrected chi connectivity index (χ4v) is 7.74. The van der Waals surface area contributed by atoms with Gasteiger partial charge in [0.25, 0.3) is 0 Å². The summed E-state index contributed by atoms with van der Waals surface area (Å²) in [4.78, 5) is 37.5. The number of esters is 1. The van der Waals surface area contributed by atoms with E-state index in [-0.39, 0.29) is 43.5 Å². The van der Waals surface area contributed by atoms with Crippen LogP contribution in [0.15, 0.2) is 23.6 Å². The fourth-order valence-electron chi connectivity index (χ4n) is 7.74. The van der Waals surface area contributed by atoms with E-state index in [0.29, 0.717) is 0 Å². The smallest absolute Gasteiger partial charge is 0.306 e. The van der Waals surface area contributed by atoms with E-state index in [1.807, 2.05) is 0 Å². The first kappa shape index (κ1) is 24.2. The van der Waals surface area contributed by atoms with E-state index in [9.17, 15) is 24.6 Å². The molecule has 33 heavy (non-hydrogen) atoms. The lowest BCUT2D eigenvalue weighted by molar-refractivity contribution is -0.226. The van der Waals surface area contributed by atoms with Gasteiger partial charge in [0.1, 0.15) is 12.4 Å². The standard InChI is InChI=1S/C25H32F2O6/c1-5-21(32)33-25(20(31)12-28)13(2)8-15-16-10-18(26)17-9-14(29)6-7-22(17,3)24(16,27)19(30)11-23(15,25)4/h6-7,13,15-16,19,28,30H,5,8-12H2,1-4H3/t13-,15?,16?,19-,22-,23-,24-,25-/m0/s1. The number of alkyl halides is 1. The zero-order valence-electron chi connectivity index (χ0n) is 19.5. The highest BCUT2D eigenvalue weighted by Crippen LogP contribution is 2.71. The number of hydrogen-bond donors (Lipinski definition) is 2. The van der Waals surface area contributed by atoms with E-state index in [0.717, 1.165) is 0 Å². The van der Waals surface area contributed by atoms with Crippen LogP contribution in [0.25, 0.3) is 0 Å². The topological polar surface area (TPSA) is 101 Å². The van der Waals surface area contributed by atoms with Gasteiger partial charge in [-0.25, -0.2) is 8.78 Å². The number of aliphatic hydroxyl groups excluding tert-OH is 2. The third-order valence-electron chi connectivity index (χ3n) is 9.32. The number of Topliss-reactive ketones (excluding diaryl/α,β-unsaturated/α-hetero) is 1. The van der Waals surface area contributed by atoms with Crippen molar-refractivity contribution in [2.45, 2.75) is 77.2 Å². The maximum atomic E-state index is 17.2. The van der Waals surface area contributed by atoms with Crippen LogP contribution in [0.4, 0.5) is 8.78 Å². The van der Waals surface area contributed by atoms with Crippen LogP contribution >= 0.6 is 0 Å². The number of carbonyl (C=O) groups excluding carboxylic acids is 3. The van der Waals surface area contributed by atoms with Crippen molar-refractivity contribution in [3.63, 3.8) is 0 Å². The molecule has 0 aromatic heterocycles. The summed E-state index contributed by atoms with van der Waals surface area (Å²) in [5.74, 6) is -4.37. The molecule has 182 valence electrons. The summed E-state index contributed by atoms with van der Waals surface area (Å²) < 4.78 is 38.4. The van der Waals surface area contributed by atoms with E-state index in [2.05, 4.69) is 0 Å². The molecule has 0 bridgehead atoms. The minimum atomic E-state index is -2.27. The van der Waals surface area contributed by atoms with E-state index in [1.54, 1.807) is 20.8 Å². The Bertz CT molecular complexity index is 974. The quantitative estimate of drug-likeness (QED) is 0.618. The lowest BCUT2D eigenvalue weighted by Gasteiger charge is -2.62. The molecule has 2 fully saturated rings. The first-order valence-corrected chi connectivity index (χ1v) is 11.7. The molecule has 8 atom stereocenters. The normalized spacial score (nSPS) is 46.5. The number of allylic oxidation sites excluding steroid dienone is 4. The molecule has 2 N–H and O–H groups in total. The zero-order valence-corrected chi connectivity index (χ0v) is 19.5. The number of ketones is 2. The lowest BCUT2D eigenvalue weighted by atomic mass is 9.45. The largest absolute Gasteiger partial charge is 0.450 e. The average molecular weight is 467 g/mol. The highest BCUT2D eigenvalue weighted by atomic mass is 19.1. The number of ether oxygens (including phenoxy) is 1. The lowest BCUT2D eigenvalue weighted by Crippen LogP contribution is -2.70. The van der Waals surface area contributed by atoms with Crippen molar-refractivity contribution < 1.29 is 38.1 Å². The minimum absolute atomic E-state index is 0.00454. The van der Waals surface area contributed by atoms with Crippen molar-refractivity contribution in [3.05, 3.63) is 23.6 Å². The molecule has 4 rings (SSSR count). The molecule has 2 saturated carbocycles. The van der Waals surface area contributed by atoms with Gasteiger partial charge >= 0.3 is 5.97 Å². The van der Waals surface area contributed by atoms with Crippen molar-refractivity contribution in [2.75, 3.05) is 6.61 Å². The van der Waals surface area contributed by atoms with Gasteiger partial charge in [0, 0.05) is 41.9 Å². The predicted octanol–water partition coefficient (Wildman–Crippen LogP) is 3.15. The number of halogens is 2. The monoisotopic (exact) mass is 466 g/mol. The Labute approximate surface area is 192 Å². The van der Waals surface area contributed by atoms with Crippen LogP contribution in [0.2, 0.25) is 0 Å². The zero-order chi connectivity index (χ0) is 24.6. The van der Waals surface area contributed by atoms with Crippen LogP contribution in [0.1, 0.15) is 59.8 Å². The first-order chi connectivity index (χ1) is 15.3. The number of rotatable bonds is 4. The van der Waals surface area contributed by atoms with Gasteiger partial charge in [0.15, 0.2) is 17.1 Å². The molecule has 8 heteroatoms. The summed E-state index contributed by atoms with van der Waals surface area (Å²) in [6, 6.07) is 0. The van der Waals surface area contributed by atoms with Gasteiger partial charge in [-0.1, -0.05) is 26.8 Å². The summed E-state index contributed by atoms with van der Waals surface area (Å²) in [7, 11) is 0. The summed E-state index contributed by atoms with van der Waals surface area (Å²) in [5, 5.41) is 21.1. The molecular weight excluding hydrogens is 434 g/mol. The number of carbonyl (C=O) groups is 3. The molecule has 0 heterocycles. The van der Waals surface area contributed by atoms with Gasteiger partial charge in [-0.3, -0.25) is 14.4 Å². The SMILES string of the molecule is CCC(=O)O[C@]1(C(=O)CO)[C@@H](C)CC2C3CC(F)=C4CC(=O)C=C[C@]4(C)[C@@]3(F)[C@@H](O)C[C@@]21C. The Morgan fingerprint density at radius 1 is 1.27 bits per heavy atom. The van der Waals surface area contributed by atoms with E-state index < -0.39 is 70.1 Å². The molecule has 0 aromatic carbocycles. The van der Waals surface area contributed by atoms with Crippen LogP contribution in [0.5, 0.6) is 0 Å². The maximum absolute atomic E-state index is 17.2. The Morgan fingerprint density at radius 3 is 2.55 bits per heavy atom. The van der Waals surface area contributed by atoms with E-state index in [4.69, 9.17) is 4.74 Å². The highest BCUT2D eigenvalue weighted by Gasteiger charge is 2.77. The Balaban J connectivity index is 1.89. The van der Waals surface area contributed by atoms with Crippen molar-refractivity contribution >= 4 is 17.5 Å². The third-order valence-corrected chi connectivity index (χ3v) is 9.32. The summed E-state index contributed by atoms with van der Waals surface area (Å²) >= 11 is 0. The maximum Gasteiger partial charge on any atom is 0.306 e. The summed E-state index contributed by atoms with van der Waals surface area (Å²) in [5.41, 5.74) is -6.67. The van der Waals surface area contributed by atoms with Gasteiger partial charge < -0.3 is 14.9 Å². The van der Waals surface area contributed by atoms with Crippen LogP contribution in [0.3, 0.4) is 0 Å². The second kappa shape index (κ2) is 7.54. The molecule has 4 aliphatic carbocycles. The fraction of sp³-hybridized carbons (Fsp3) is 0.720. The number of hydrogen-bond acceptors (Lipinski definition) is 6. The molecule has 0 spiro atoms. The van der Waals surface area contributed by atoms with Gasteiger partial charge in [0.05, 0.1) is 6.10 Å². The Morgan fingerprint density at radius 2 is 1.94 bits per heavy atom. The number of fused-ring (bicyclic) bond motifs is 5. The molecule has 0 aromatic rings. The minimum Gasteiger partial charge on any atom is -0.450 e. The van der Waals surface area contributed by atoms with E-state index in [1.165, 1.54) is 19.1 Å². The molecule has 0 radical (unpaired) electrons. The molecular formula is C25H32F2O6. The van der Waals surface area contributed by atoms with Gasteiger partial charge in [-0.15, -0.1) is 0 Å². The van der Waals surface area contributed by atoms with Crippen molar-refractivity contribution in [1.29, 1.82) is 0 Å². The van der Waals surface area contributed by atoms with Gasteiger partial charge in [0.2, 0.25) is 5.78 Å². The van der Waals surface area contributed by atoms with Gasteiger partial charge in [-0.05, 0) is 37.3 Å². The molecule has 0 amide bonds. The van der Waals surface area contributed by atoms with Crippen molar-refractivity contribution in [2.24, 2.45) is 28.6 Å². The second-order valence-electron chi connectivity index (χ2n) is 10.7. The van der Waals surface area contributed by atoms with Crippen LogP contribution in [-0.2, 0) is 19.1 Å². The van der Waals surface area contributed by atoms with Gasteiger partial charge in [-0.2, -0.15) is 0 Å². The van der Waals surface area contributed by atoms with Crippen LogP contribution in [-0.4, -0.2) is 51.7 Å². The van der Waals surface area contributed by atoms with Crippen molar-refractivity contribution in [3.8, 4) is 0 Å². The van der Waals surface area contributed by atoms with Crippen LogP contribution in [0, 0.1) is 28.6 Å². The number of aliphatic hydroxyl groups is 2. The van der Waals surface area contributed by atoms with Crippen LogP contribution < -0.4 is 0 Å². The van der Waals surface area contributed by atoms with Crippen molar-refractivity contribution in [1.82, 2.24) is 0 Å². The Hall–Kier alpha value is -1.93. The molecule has 4 aliphatic rings. The van der Waals surface area contributed by atoms with E-state index >= 15 is 8.78 Å². The average Bonchev–Trinajstić information content (AvgIpc) is 2.98. The molecule has 0 aliphatic heterocycles. The predicted molar refractivity (Wildman–Crippen MR) is 114 cm³/mol. The third kappa shape index (κ3) is 2.80.